The standard InChI is InChI=1S/C17H13N5/c1-2-6-13(7-3-1)17-15-9-5-4-8-14(15)16(20-21-17)10-22-11-18-19-12-22/h1-9,11-12H,10H2. The van der Waals surface area contributed by atoms with E-state index in [0.717, 1.165) is 27.7 Å². The summed E-state index contributed by atoms with van der Waals surface area (Å²) >= 11 is 0. The van der Waals surface area contributed by atoms with E-state index >= 15 is 0 Å². The summed E-state index contributed by atoms with van der Waals surface area (Å²) in [5.74, 6) is 0. The first kappa shape index (κ1) is 12.6. The zero-order chi connectivity index (χ0) is 14.8. The molecular weight excluding hydrogens is 274 g/mol. The molecular formula is C17H13N5. The fourth-order valence-electron chi connectivity index (χ4n) is 2.56. The van der Waals surface area contributed by atoms with Gasteiger partial charge in [-0.25, -0.2) is 0 Å². The van der Waals surface area contributed by atoms with E-state index in [1.807, 2.05) is 34.9 Å². The van der Waals surface area contributed by atoms with Crippen molar-refractivity contribution in [2.75, 3.05) is 0 Å². The van der Waals surface area contributed by atoms with Gasteiger partial charge in [-0.1, -0.05) is 54.6 Å². The highest BCUT2D eigenvalue weighted by atomic mass is 15.2. The SMILES string of the molecule is c1ccc(-c2nnc(Cn3cnnc3)c3ccccc23)cc1. The lowest BCUT2D eigenvalue weighted by molar-refractivity contribution is 0.759. The van der Waals surface area contributed by atoms with Crippen molar-refractivity contribution in [1.82, 2.24) is 25.0 Å². The first-order chi connectivity index (χ1) is 10.9. The largest absolute Gasteiger partial charge is 0.314 e. The first-order valence-corrected chi connectivity index (χ1v) is 7.04. The van der Waals surface area contributed by atoms with Gasteiger partial charge in [0.05, 0.1) is 12.2 Å². The van der Waals surface area contributed by atoms with Gasteiger partial charge in [0, 0.05) is 16.3 Å². The Morgan fingerprint density at radius 3 is 2.18 bits per heavy atom. The molecule has 106 valence electrons. The summed E-state index contributed by atoms with van der Waals surface area (Å²) in [7, 11) is 0. The molecule has 0 spiro atoms. The van der Waals surface area contributed by atoms with Gasteiger partial charge in [-0.05, 0) is 0 Å². The normalized spacial score (nSPS) is 10.9. The molecule has 22 heavy (non-hydrogen) atoms. The average Bonchev–Trinajstić information content (AvgIpc) is 3.09. The maximum atomic E-state index is 4.45. The first-order valence-electron chi connectivity index (χ1n) is 7.04. The van der Waals surface area contributed by atoms with Crippen molar-refractivity contribution >= 4 is 10.8 Å². The van der Waals surface area contributed by atoms with E-state index in [9.17, 15) is 0 Å². The van der Waals surface area contributed by atoms with Crippen LogP contribution in [0.4, 0.5) is 0 Å². The van der Waals surface area contributed by atoms with Gasteiger partial charge in [-0.15, -0.1) is 15.3 Å². The van der Waals surface area contributed by atoms with Crippen LogP contribution < -0.4 is 0 Å². The fraction of sp³-hybridized carbons (Fsp3) is 0.0588. The summed E-state index contributed by atoms with van der Waals surface area (Å²) in [5, 5.41) is 18.7. The Hall–Kier alpha value is -3.08. The maximum absolute atomic E-state index is 4.45. The zero-order valence-electron chi connectivity index (χ0n) is 11.8. The highest BCUT2D eigenvalue weighted by Gasteiger charge is 2.10. The summed E-state index contributed by atoms with van der Waals surface area (Å²) in [6, 6.07) is 18.3. The number of hydrogen-bond acceptors (Lipinski definition) is 4. The molecule has 0 radical (unpaired) electrons. The summed E-state index contributed by atoms with van der Waals surface area (Å²) in [5.41, 5.74) is 2.89. The highest BCUT2D eigenvalue weighted by molar-refractivity contribution is 5.95. The number of rotatable bonds is 3. The number of aromatic nitrogens is 5. The molecule has 5 heteroatoms. The third-order valence-corrected chi connectivity index (χ3v) is 3.61. The van der Waals surface area contributed by atoms with Crippen LogP contribution in [0.25, 0.3) is 22.0 Å². The topological polar surface area (TPSA) is 56.5 Å². The van der Waals surface area contributed by atoms with Crippen LogP contribution in [-0.4, -0.2) is 25.0 Å². The lowest BCUT2D eigenvalue weighted by Crippen LogP contribution is -2.03. The summed E-state index contributed by atoms with van der Waals surface area (Å²) in [6.07, 6.45) is 3.36. The van der Waals surface area contributed by atoms with Crippen molar-refractivity contribution in [1.29, 1.82) is 0 Å². The van der Waals surface area contributed by atoms with Gasteiger partial charge in [0.2, 0.25) is 0 Å². The van der Waals surface area contributed by atoms with Gasteiger partial charge in [-0.2, -0.15) is 5.10 Å². The fourth-order valence-corrected chi connectivity index (χ4v) is 2.56. The van der Waals surface area contributed by atoms with E-state index < -0.39 is 0 Å². The molecule has 4 rings (SSSR count). The molecule has 0 aliphatic heterocycles. The Balaban J connectivity index is 1.88. The Morgan fingerprint density at radius 2 is 1.41 bits per heavy atom. The van der Waals surface area contributed by atoms with Gasteiger partial charge in [-0.3, -0.25) is 0 Å². The molecule has 2 aromatic carbocycles. The van der Waals surface area contributed by atoms with E-state index in [1.54, 1.807) is 12.7 Å². The molecule has 0 aliphatic carbocycles. The third-order valence-electron chi connectivity index (χ3n) is 3.61. The van der Waals surface area contributed by atoms with Crippen LogP contribution in [0.2, 0.25) is 0 Å². The van der Waals surface area contributed by atoms with Crippen LogP contribution in [0.15, 0.2) is 67.3 Å². The monoisotopic (exact) mass is 287 g/mol. The average molecular weight is 287 g/mol. The van der Waals surface area contributed by atoms with Crippen molar-refractivity contribution < 1.29 is 0 Å². The lowest BCUT2D eigenvalue weighted by atomic mass is 10.0. The van der Waals surface area contributed by atoms with Crippen LogP contribution in [0.3, 0.4) is 0 Å². The van der Waals surface area contributed by atoms with Crippen LogP contribution in [0, 0.1) is 0 Å². The number of benzene rings is 2. The molecule has 0 atom stereocenters. The van der Waals surface area contributed by atoms with Gasteiger partial charge in [0.1, 0.15) is 18.3 Å². The van der Waals surface area contributed by atoms with E-state index in [0.29, 0.717) is 6.54 Å². The van der Waals surface area contributed by atoms with Crippen LogP contribution in [-0.2, 0) is 6.54 Å². The molecule has 0 aliphatic rings. The van der Waals surface area contributed by atoms with Crippen molar-refractivity contribution in [3.63, 3.8) is 0 Å². The molecule has 2 heterocycles. The van der Waals surface area contributed by atoms with Crippen molar-refractivity contribution in [3.05, 3.63) is 72.9 Å². The van der Waals surface area contributed by atoms with E-state index in [-0.39, 0.29) is 0 Å². The zero-order valence-corrected chi connectivity index (χ0v) is 11.8. The Kier molecular flexibility index (Phi) is 3.08. The van der Waals surface area contributed by atoms with Gasteiger partial charge < -0.3 is 4.57 Å². The predicted octanol–water partition coefficient (Wildman–Crippen LogP) is 2.94. The van der Waals surface area contributed by atoms with Crippen molar-refractivity contribution in [2.45, 2.75) is 6.54 Å². The quantitative estimate of drug-likeness (QED) is 0.581. The molecule has 0 unspecified atom stereocenters. The van der Waals surface area contributed by atoms with Crippen LogP contribution in [0.5, 0.6) is 0 Å². The molecule has 0 amide bonds. The number of hydrogen-bond donors (Lipinski definition) is 0. The van der Waals surface area contributed by atoms with Crippen LogP contribution >= 0.6 is 0 Å². The summed E-state index contributed by atoms with van der Waals surface area (Å²) in [4.78, 5) is 0. The second-order valence-electron chi connectivity index (χ2n) is 5.04. The Labute approximate surface area is 127 Å². The van der Waals surface area contributed by atoms with E-state index in [4.69, 9.17) is 0 Å². The number of nitrogens with zero attached hydrogens (tertiary/aromatic N) is 5. The molecule has 5 nitrogen and oxygen atoms in total. The van der Waals surface area contributed by atoms with Gasteiger partial charge >= 0.3 is 0 Å². The Morgan fingerprint density at radius 1 is 0.727 bits per heavy atom. The van der Waals surface area contributed by atoms with E-state index in [2.05, 4.69) is 44.7 Å². The molecule has 0 fully saturated rings. The Bertz CT molecular complexity index is 901. The molecule has 0 N–H and O–H groups in total. The molecule has 0 bridgehead atoms. The highest BCUT2D eigenvalue weighted by Crippen LogP contribution is 2.27. The molecule has 2 aromatic heterocycles. The minimum atomic E-state index is 0.607. The summed E-state index contributed by atoms with van der Waals surface area (Å²) in [6.45, 7) is 0.607. The minimum absolute atomic E-state index is 0.607. The second kappa shape index (κ2) is 5.37. The van der Waals surface area contributed by atoms with Crippen molar-refractivity contribution in [3.8, 4) is 11.3 Å². The molecule has 4 aromatic rings. The molecule has 0 saturated heterocycles. The smallest absolute Gasteiger partial charge is 0.119 e. The van der Waals surface area contributed by atoms with Crippen molar-refractivity contribution in [2.24, 2.45) is 0 Å². The minimum Gasteiger partial charge on any atom is -0.314 e. The predicted molar refractivity (Wildman–Crippen MR) is 84.1 cm³/mol. The molecule has 0 saturated carbocycles. The van der Waals surface area contributed by atoms with Crippen LogP contribution in [0.1, 0.15) is 5.69 Å². The third kappa shape index (κ3) is 2.22. The lowest BCUT2D eigenvalue weighted by Gasteiger charge is -2.09. The van der Waals surface area contributed by atoms with Gasteiger partial charge in [0.15, 0.2) is 0 Å². The maximum Gasteiger partial charge on any atom is 0.119 e. The van der Waals surface area contributed by atoms with E-state index in [1.165, 1.54) is 0 Å². The second-order valence-corrected chi connectivity index (χ2v) is 5.04. The van der Waals surface area contributed by atoms with Gasteiger partial charge in [0.25, 0.3) is 0 Å². The number of fused-ring (bicyclic) bond motifs is 1. The summed E-state index contributed by atoms with van der Waals surface area (Å²) < 4.78 is 1.89.